The quantitative estimate of drug-likeness (QED) is 0.201. The molecule has 0 aliphatic carbocycles. The van der Waals surface area contributed by atoms with E-state index in [-0.39, 0.29) is 11.0 Å². The molecular formula is C23H26ClN5O3. The third-order valence-electron chi connectivity index (χ3n) is 4.78. The molecule has 0 aliphatic heterocycles. The summed E-state index contributed by atoms with van der Waals surface area (Å²) in [6, 6.07) is 11.5. The van der Waals surface area contributed by atoms with E-state index in [1.807, 2.05) is 47.9 Å². The molecule has 0 saturated heterocycles. The Kier molecular flexibility index (Phi) is 8.10. The maximum absolute atomic E-state index is 12.0. The summed E-state index contributed by atoms with van der Waals surface area (Å²) in [5, 5.41) is 2.88. The zero-order valence-corrected chi connectivity index (χ0v) is 18.6. The first-order chi connectivity index (χ1) is 15.4. The Labute approximate surface area is 191 Å². The number of furan rings is 1. The second-order valence-electron chi connectivity index (χ2n) is 7.12. The summed E-state index contributed by atoms with van der Waals surface area (Å²) in [6.07, 6.45) is 4.42. The fourth-order valence-corrected chi connectivity index (χ4v) is 3.25. The summed E-state index contributed by atoms with van der Waals surface area (Å²) < 4.78 is 12.6. The second kappa shape index (κ2) is 11.2. The molecule has 3 aromatic rings. The van der Waals surface area contributed by atoms with Crippen molar-refractivity contribution in [3.63, 3.8) is 0 Å². The van der Waals surface area contributed by atoms with Crippen molar-refractivity contribution in [1.82, 2.24) is 14.9 Å². The van der Waals surface area contributed by atoms with E-state index in [9.17, 15) is 4.79 Å². The molecule has 3 N–H and O–H groups in total. The Hall–Kier alpha value is -3.52. The molecule has 0 spiro atoms. The summed E-state index contributed by atoms with van der Waals surface area (Å²) in [4.78, 5) is 20.2. The summed E-state index contributed by atoms with van der Waals surface area (Å²) >= 11 is 5.66. The van der Waals surface area contributed by atoms with Crippen molar-refractivity contribution in [2.45, 2.75) is 32.9 Å². The highest BCUT2D eigenvalue weighted by Crippen LogP contribution is 2.20. The molecule has 2 aromatic heterocycles. The topological polar surface area (TPSA) is 108 Å². The van der Waals surface area contributed by atoms with Crippen LogP contribution in [0.4, 0.5) is 4.79 Å². The van der Waals surface area contributed by atoms with Crippen LogP contribution in [0.3, 0.4) is 0 Å². The molecule has 168 valence electrons. The summed E-state index contributed by atoms with van der Waals surface area (Å²) in [6.45, 7) is 6.83. The smallest absolute Gasteiger partial charge is 0.407 e. The molecular weight excluding hydrogens is 430 g/mol. The van der Waals surface area contributed by atoms with Crippen LogP contribution in [-0.2, 0) is 17.8 Å². The number of amidine groups is 1. The van der Waals surface area contributed by atoms with Crippen molar-refractivity contribution >= 4 is 23.5 Å². The Balaban J connectivity index is 1.37. The average molecular weight is 456 g/mol. The lowest BCUT2D eigenvalue weighted by molar-refractivity contribution is 0.143. The molecule has 0 bridgehead atoms. The number of carbonyl (C=O) groups is 1. The van der Waals surface area contributed by atoms with Gasteiger partial charge in [-0.2, -0.15) is 0 Å². The molecule has 1 aromatic carbocycles. The minimum Gasteiger partial charge on any atom is -0.464 e. The van der Waals surface area contributed by atoms with Gasteiger partial charge in [-0.25, -0.2) is 14.8 Å². The van der Waals surface area contributed by atoms with E-state index in [0.29, 0.717) is 18.8 Å². The number of amides is 1. The van der Waals surface area contributed by atoms with Crippen LogP contribution in [0.15, 0.2) is 70.1 Å². The molecule has 0 aliphatic rings. The van der Waals surface area contributed by atoms with Gasteiger partial charge in [0.05, 0.1) is 19.2 Å². The van der Waals surface area contributed by atoms with Gasteiger partial charge in [-0.15, -0.1) is 0 Å². The van der Waals surface area contributed by atoms with Crippen molar-refractivity contribution in [3.8, 4) is 11.3 Å². The number of halogens is 1. The minimum atomic E-state index is -0.445. The number of ether oxygens (including phenoxy) is 1. The first-order valence-electron chi connectivity index (χ1n) is 10.2. The van der Waals surface area contributed by atoms with Gasteiger partial charge in [-0.3, -0.25) is 0 Å². The van der Waals surface area contributed by atoms with Gasteiger partial charge in [0.15, 0.2) is 5.84 Å². The van der Waals surface area contributed by atoms with Crippen molar-refractivity contribution in [2.24, 2.45) is 10.7 Å². The highest BCUT2D eigenvalue weighted by molar-refractivity contribution is 6.29. The number of nitrogens with two attached hydrogens (primary N) is 1. The minimum absolute atomic E-state index is 0.108. The van der Waals surface area contributed by atoms with Gasteiger partial charge >= 0.3 is 6.09 Å². The number of aliphatic imine (C=N–C) groups is 1. The zero-order valence-electron chi connectivity index (χ0n) is 17.9. The Bertz CT molecular complexity index is 1090. The Morgan fingerprint density at radius 2 is 2.19 bits per heavy atom. The Morgan fingerprint density at radius 3 is 2.94 bits per heavy atom. The van der Waals surface area contributed by atoms with Crippen molar-refractivity contribution < 1.29 is 13.9 Å². The van der Waals surface area contributed by atoms with E-state index in [1.165, 1.54) is 0 Å². The molecule has 32 heavy (non-hydrogen) atoms. The molecule has 9 heteroatoms. The van der Waals surface area contributed by atoms with Crippen LogP contribution in [0.5, 0.6) is 0 Å². The summed E-state index contributed by atoms with van der Waals surface area (Å²) in [5.74, 6) is 1.02. The van der Waals surface area contributed by atoms with Gasteiger partial charge < -0.3 is 24.8 Å². The maximum Gasteiger partial charge on any atom is 0.407 e. The first kappa shape index (κ1) is 23.1. The van der Waals surface area contributed by atoms with Crippen LogP contribution < -0.4 is 11.1 Å². The van der Waals surface area contributed by atoms with Crippen LogP contribution in [-0.4, -0.2) is 28.1 Å². The molecule has 0 radical (unpaired) electrons. The molecule has 1 amide bonds. The molecule has 3 rings (SSSR count). The number of benzene rings is 1. The predicted molar refractivity (Wildman–Crippen MR) is 124 cm³/mol. The lowest BCUT2D eigenvalue weighted by Gasteiger charge is -2.09. The van der Waals surface area contributed by atoms with Crippen LogP contribution in [0, 0.1) is 6.92 Å². The fourth-order valence-electron chi connectivity index (χ4n) is 3.16. The lowest BCUT2D eigenvalue weighted by Crippen LogP contribution is -2.24. The van der Waals surface area contributed by atoms with Crippen molar-refractivity contribution in [3.05, 3.63) is 77.7 Å². The van der Waals surface area contributed by atoms with Gasteiger partial charge in [0.1, 0.15) is 16.6 Å². The predicted octanol–water partition coefficient (Wildman–Crippen LogP) is 4.57. The summed E-state index contributed by atoms with van der Waals surface area (Å²) in [7, 11) is 0. The first-order valence-corrected chi connectivity index (χ1v) is 10.6. The molecule has 0 fully saturated rings. The van der Waals surface area contributed by atoms with Gasteiger partial charge in [-0.05, 0) is 43.5 Å². The second-order valence-corrected chi connectivity index (χ2v) is 7.56. The van der Waals surface area contributed by atoms with Crippen LogP contribution >= 0.6 is 11.6 Å². The number of hydrogen-bond acceptors (Lipinski definition) is 5. The molecule has 0 saturated carbocycles. The van der Waals surface area contributed by atoms with Crippen LogP contribution in [0.2, 0.25) is 0 Å². The number of aryl methyl sites for hydroxylation is 1. The van der Waals surface area contributed by atoms with E-state index in [4.69, 9.17) is 26.5 Å². The van der Waals surface area contributed by atoms with E-state index >= 15 is 0 Å². The largest absolute Gasteiger partial charge is 0.464 e. The number of aromatic nitrogens is 2. The van der Waals surface area contributed by atoms with Gasteiger partial charge in [-0.1, -0.05) is 36.4 Å². The van der Waals surface area contributed by atoms with Gasteiger partial charge in [0.25, 0.3) is 0 Å². The van der Waals surface area contributed by atoms with Gasteiger partial charge in [0.2, 0.25) is 0 Å². The monoisotopic (exact) mass is 455 g/mol. The average Bonchev–Trinajstić information content (AvgIpc) is 3.42. The SMILES string of the molecule is C=C(Cl)/N=C(/N)c1ncn(CCCCOC(=O)NCc2cccc(-c3ccco3)c2)c1C. The fraction of sp³-hybridized carbons (Fsp3) is 0.261. The van der Waals surface area contributed by atoms with E-state index in [2.05, 4.69) is 21.9 Å². The molecule has 2 heterocycles. The van der Waals surface area contributed by atoms with Crippen molar-refractivity contribution in [1.29, 1.82) is 0 Å². The van der Waals surface area contributed by atoms with E-state index in [0.717, 1.165) is 42.0 Å². The van der Waals surface area contributed by atoms with Crippen molar-refractivity contribution in [2.75, 3.05) is 6.61 Å². The number of hydrogen-bond donors (Lipinski definition) is 2. The lowest BCUT2D eigenvalue weighted by atomic mass is 10.1. The highest BCUT2D eigenvalue weighted by Gasteiger charge is 2.10. The van der Waals surface area contributed by atoms with E-state index in [1.54, 1.807) is 12.6 Å². The number of carbonyl (C=O) groups excluding carboxylic acids is 1. The number of unbranched alkanes of at least 4 members (excludes halogenated alkanes) is 1. The number of nitrogens with one attached hydrogen (secondary N) is 1. The number of alkyl carbamates (subject to hydrolysis) is 1. The van der Waals surface area contributed by atoms with Crippen LogP contribution in [0.25, 0.3) is 11.3 Å². The zero-order chi connectivity index (χ0) is 22.9. The van der Waals surface area contributed by atoms with Crippen LogP contribution in [0.1, 0.15) is 29.8 Å². The molecule has 0 unspecified atom stereocenters. The number of nitrogens with zero attached hydrogens (tertiary/aromatic N) is 3. The third kappa shape index (κ3) is 6.49. The van der Waals surface area contributed by atoms with E-state index < -0.39 is 6.09 Å². The molecule has 0 atom stereocenters. The number of rotatable bonds is 10. The number of imidazole rings is 1. The maximum atomic E-state index is 12.0. The standard InChI is InChI=1S/C23H26ClN5O3/c1-16-21(22(25)28-17(2)24)27-15-29(16)10-3-4-11-32-23(30)26-14-18-7-5-8-19(13-18)20-9-6-12-31-20/h5-9,12-13,15H,2-4,10-11,14H2,1H3,(H2,25,28)(H,26,30). The Morgan fingerprint density at radius 1 is 1.34 bits per heavy atom. The van der Waals surface area contributed by atoms with Gasteiger partial charge in [0, 0.05) is 24.3 Å². The summed E-state index contributed by atoms with van der Waals surface area (Å²) in [5.41, 5.74) is 9.27. The highest BCUT2D eigenvalue weighted by atomic mass is 35.5. The third-order valence-corrected chi connectivity index (χ3v) is 4.86. The normalized spacial score (nSPS) is 11.4. The molecule has 8 nitrogen and oxygen atoms in total.